The molecular formula is C17H16O. The maximum atomic E-state index is 11.8. The van der Waals surface area contributed by atoms with Crippen molar-refractivity contribution in [3.63, 3.8) is 0 Å². The van der Waals surface area contributed by atoms with Crippen LogP contribution >= 0.6 is 0 Å². The first kappa shape index (κ1) is 10.3. The molecule has 0 aromatic heterocycles. The fraction of sp³-hybridized carbons (Fsp3) is 0.353. The standard InChI is InChI=1S/C17H16O/c18-17-10-9-15-14-6-5-11-3-1-2-4-12(11)13(14)7-8-16(15)17/h1-4,7-8,14-15H,5-6,9-10H2. The van der Waals surface area contributed by atoms with Gasteiger partial charge in [-0.3, -0.25) is 4.79 Å². The molecule has 90 valence electrons. The van der Waals surface area contributed by atoms with Crippen molar-refractivity contribution in [3.8, 4) is 0 Å². The number of aryl methyl sites for hydroxylation is 1. The van der Waals surface area contributed by atoms with Crippen molar-refractivity contribution in [2.75, 3.05) is 0 Å². The van der Waals surface area contributed by atoms with Crippen LogP contribution in [0.2, 0.25) is 0 Å². The monoisotopic (exact) mass is 236 g/mol. The van der Waals surface area contributed by atoms with E-state index in [4.69, 9.17) is 0 Å². The van der Waals surface area contributed by atoms with Crippen LogP contribution in [0.1, 0.15) is 30.4 Å². The molecule has 3 aliphatic carbocycles. The number of hydrogen-bond donors (Lipinski definition) is 0. The molecule has 1 heteroatoms. The SMILES string of the molecule is O=C1CCC2C1=CC=C1c3ccccc3CCC12. The van der Waals surface area contributed by atoms with Crippen LogP contribution in [-0.2, 0) is 11.2 Å². The maximum Gasteiger partial charge on any atom is 0.159 e. The average Bonchev–Trinajstić information content (AvgIpc) is 2.80. The molecule has 0 radical (unpaired) electrons. The van der Waals surface area contributed by atoms with Crippen molar-refractivity contribution in [2.24, 2.45) is 11.8 Å². The zero-order chi connectivity index (χ0) is 12.1. The summed E-state index contributed by atoms with van der Waals surface area (Å²) in [4.78, 5) is 11.8. The van der Waals surface area contributed by atoms with E-state index >= 15 is 0 Å². The molecule has 0 aliphatic heterocycles. The highest BCUT2D eigenvalue weighted by Gasteiger charge is 2.39. The normalized spacial score (nSPS) is 29.0. The van der Waals surface area contributed by atoms with Crippen molar-refractivity contribution in [2.45, 2.75) is 25.7 Å². The van der Waals surface area contributed by atoms with E-state index in [2.05, 4.69) is 36.4 Å². The third-order valence-corrected chi connectivity index (χ3v) is 4.78. The van der Waals surface area contributed by atoms with Gasteiger partial charge in [-0.15, -0.1) is 0 Å². The zero-order valence-corrected chi connectivity index (χ0v) is 10.4. The summed E-state index contributed by atoms with van der Waals surface area (Å²) in [7, 11) is 0. The van der Waals surface area contributed by atoms with Crippen molar-refractivity contribution >= 4 is 11.4 Å². The van der Waals surface area contributed by atoms with Crippen LogP contribution in [-0.4, -0.2) is 5.78 Å². The molecule has 0 bridgehead atoms. The number of carbonyl (C=O) groups excluding carboxylic acids is 1. The largest absolute Gasteiger partial charge is 0.295 e. The molecule has 3 aliphatic rings. The molecule has 18 heavy (non-hydrogen) atoms. The molecule has 0 saturated heterocycles. The van der Waals surface area contributed by atoms with Crippen LogP contribution in [0.25, 0.3) is 5.57 Å². The number of hydrogen-bond acceptors (Lipinski definition) is 1. The molecule has 1 aromatic carbocycles. The van der Waals surface area contributed by atoms with E-state index in [1.807, 2.05) is 0 Å². The predicted octanol–water partition coefficient (Wildman–Crippen LogP) is 3.55. The minimum absolute atomic E-state index is 0.383. The van der Waals surface area contributed by atoms with E-state index in [1.165, 1.54) is 23.1 Å². The second-order valence-electron chi connectivity index (χ2n) is 5.61. The lowest BCUT2D eigenvalue weighted by molar-refractivity contribution is -0.114. The Morgan fingerprint density at radius 2 is 1.61 bits per heavy atom. The van der Waals surface area contributed by atoms with Crippen molar-refractivity contribution < 1.29 is 4.79 Å². The first-order chi connectivity index (χ1) is 8.84. The Labute approximate surface area is 107 Å². The topological polar surface area (TPSA) is 17.1 Å². The van der Waals surface area contributed by atoms with Crippen LogP contribution in [0, 0.1) is 11.8 Å². The molecule has 1 nitrogen and oxygen atoms in total. The third kappa shape index (κ3) is 1.30. The van der Waals surface area contributed by atoms with Gasteiger partial charge in [-0.2, -0.15) is 0 Å². The molecule has 1 aromatic rings. The second kappa shape index (κ2) is 3.68. The molecule has 2 unspecified atom stereocenters. The van der Waals surface area contributed by atoms with Gasteiger partial charge in [-0.25, -0.2) is 0 Å². The first-order valence-corrected chi connectivity index (χ1v) is 6.88. The van der Waals surface area contributed by atoms with E-state index < -0.39 is 0 Å². The van der Waals surface area contributed by atoms with Gasteiger partial charge in [0.05, 0.1) is 0 Å². The van der Waals surface area contributed by atoms with Crippen LogP contribution in [0.5, 0.6) is 0 Å². The highest BCUT2D eigenvalue weighted by molar-refractivity contribution is 6.00. The van der Waals surface area contributed by atoms with E-state index in [0.29, 0.717) is 17.6 Å². The van der Waals surface area contributed by atoms with Crippen molar-refractivity contribution in [1.29, 1.82) is 0 Å². The van der Waals surface area contributed by atoms with Crippen LogP contribution in [0.4, 0.5) is 0 Å². The lowest BCUT2D eigenvalue weighted by Crippen LogP contribution is -2.23. The summed E-state index contributed by atoms with van der Waals surface area (Å²) in [6, 6.07) is 8.73. The number of rotatable bonds is 0. The Balaban J connectivity index is 1.85. The highest BCUT2D eigenvalue weighted by atomic mass is 16.1. The molecule has 1 fully saturated rings. The average molecular weight is 236 g/mol. The van der Waals surface area contributed by atoms with E-state index in [9.17, 15) is 4.79 Å². The lowest BCUT2D eigenvalue weighted by Gasteiger charge is -2.34. The Bertz CT molecular complexity index is 591. The van der Waals surface area contributed by atoms with E-state index in [0.717, 1.165) is 24.8 Å². The number of fused-ring (bicyclic) bond motifs is 5. The van der Waals surface area contributed by atoms with Gasteiger partial charge in [0.1, 0.15) is 0 Å². The number of benzene rings is 1. The fourth-order valence-corrected chi connectivity index (χ4v) is 3.92. The Morgan fingerprint density at radius 1 is 0.889 bits per heavy atom. The smallest absolute Gasteiger partial charge is 0.159 e. The second-order valence-corrected chi connectivity index (χ2v) is 5.61. The van der Waals surface area contributed by atoms with Crippen LogP contribution in [0.3, 0.4) is 0 Å². The molecule has 2 atom stereocenters. The Hall–Kier alpha value is -1.63. The Morgan fingerprint density at radius 3 is 2.56 bits per heavy atom. The van der Waals surface area contributed by atoms with Gasteiger partial charge in [0.2, 0.25) is 0 Å². The van der Waals surface area contributed by atoms with Gasteiger partial charge in [0.25, 0.3) is 0 Å². The molecule has 1 saturated carbocycles. The number of Topliss-reactive ketones (excluding diaryl/α,β-unsaturated/α-hetero) is 1. The van der Waals surface area contributed by atoms with E-state index in [1.54, 1.807) is 0 Å². The quantitative estimate of drug-likeness (QED) is 0.673. The number of ketones is 1. The summed E-state index contributed by atoms with van der Waals surface area (Å²) >= 11 is 0. The first-order valence-electron chi connectivity index (χ1n) is 6.88. The molecule has 0 spiro atoms. The molecule has 4 rings (SSSR count). The molecule has 0 N–H and O–H groups in total. The van der Waals surface area contributed by atoms with Gasteiger partial charge in [0, 0.05) is 6.42 Å². The van der Waals surface area contributed by atoms with Gasteiger partial charge in [0.15, 0.2) is 5.78 Å². The zero-order valence-electron chi connectivity index (χ0n) is 10.4. The summed E-state index contributed by atoms with van der Waals surface area (Å²) in [5, 5.41) is 0. The lowest BCUT2D eigenvalue weighted by atomic mass is 9.69. The highest BCUT2D eigenvalue weighted by Crippen LogP contribution is 2.48. The van der Waals surface area contributed by atoms with Gasteiger partial charge < -0.3 is 0 Å². The van der Waals surface area contributed by atoms with Crippen LogP contribution in [0.15, 0.2) is 42.0 Å². The maximum absolute atomic E-state index is 11.8. The van der Waals surface area contributed by atoms with E-state index in [-0.39, 0.29) is 0 Å². The molecular weight excluding hydrogens is 220 g/mol. The summed E-state index contributed by atoms with van der Waals surface area (Å²) < 4.78 is 0. The Kier molecular flexibility index (Phi) is 2.11. The number of carbonyl (C=O) groups is 1. The minimum atomic E-state index is 0.383. The predicted molar refractivity (Wildman–Crippen MR) is 72.0 cm³/mol. The summed E-state index contributed by atoms with van der Waals surface area (Å²) in [6.45, 7) is 0. The molecule has 0 amide bonds. The fourth-order valence-electron chi connectivity index (χ4n) is 3.92. The van der Waals surface area contributed by atoms with Gasteiger partial charge in [-0.05, 0) is 53.4 Å². The third-order valence-electron chi connectivity index (χ3n) is 4.78. The summed E-state index contributed by atoms with van der Waals surface area (Å²) in [5.41, 5.74) is 5.47. The minimum Gasteiger partial charge on any atom is -0.295 e. The van der Waals surface area contributed by atoms with Gasteiger partial charge in [-0.1, -0.05) is 36.4 Å². The van der Waals surface area contributed by atoms with Gasteiger partial charge >= 0.3 is 0 Å². The van der Waals surface area contributed by atoms with Crippen molar-refractivity contribution in [3.05, 3.63) is 53.1 Å². The summed E-state index contributed by atoms with van der Waals surface area (Å²) in [6.07, 6.45) is 8.49. The number of allylic oxidation sites excluding steroid dienone is 4. The summed E-state index contributed by atoms with van der Waals surface area (Å²) in [5.74, 6) is 1.48. The van der Waals surface area contributed by atoms with Crippen molar-refractivity contribution in [1.82, 2.24) is 0 Å². The molecule has 0 heterocycles. The van der Waals surface area contributed by atoms with Crippen LogP contribution < -0.4 is 0 Å².